The van der Waals surface area contributed by atoms with Gasteiger partial charge >= 0.3 is 0 Å². The molecule has 0 saturated heterocycles. The zero-order chi connectivity index (χ0) is 21.0. The van der Waals surface area contributed by atoms with Gasteiger partial charge in [0.05, 0.1) is 17.9 Å². The van der Waals surface area contributed by atoms with Crippen molar-refractivity contribution in [3.8, 4) is 5.88 Å². The Morgan fingerprint density at radius 2 is 1.97 bits per heavy atom. The van der Waals surface area contributed by atoms with Crippen LogP contribution in [0.2, 0.25) is 0 Å². The molecule has 0 spiro atoms. The van der Waals surface area contributed by atoms with E-state index in [0.717, 1.165) is 0 Å². The lowest BCUT2D eigenvalue weighted by Gasteiger charge is -2.11. The number of rotatable bonds is 5. The Kier molecular flexibility index (Phi) is 5.99. The molecular weight excluding hydrogens is 395 g/mol. The van der Waals surface area contributed by atoms with Crippen LogP contribution in [0.15, 0.2) is 58.3 Å². The standard InChI is InChI=1S/C20H17FN4O3S/c1-12(26)23-17-5-3-2-4-16(17)22-10-15-18(27)24-20(29)25(19(15)28)11-13-6-8-14(21)9-7-13/h2-10,28H,11H2,1H3,(H,23,26)(H,24,27,29). The van der Waals surface area contributed by atoms with E-state index in [9.17, 15) is 19.1 Å². The van der Waals surface area contributed by atoms with E-state index in [1.807, 2.05) is 0 Å². The highest BCUT2D eigenvalue weighted by molar-refractivity contribution is 7.71. The van der Waals surface area contributed by atoms with Crippen molar-refractivity contribution in [2.45, 2.75) is 13.5 Å². The average Bonchev–Trinajstić information content (AvgIpc) is 2.67. The third kappa shape index (κ3) is 4.82. The predicted octanol–water partition coefficient (Wildman–Crippen LogP) is 3.51. The predicted molar refractivity (Wildman–Crippen MR) is 111 cm³/mol. The van der Waals surface area contributed by atoms with E-state index in [4.69, 9.17) is 12.2 Å². The quantitative estimate of drug-likeness (QED) is 0.441. The summed E-state index contributed by atoms with van der Waals surface area (Å²) < 4.78 is 14.4. The second-order valence-electron chi connectivity index (χ2n) is 6.17. The summed E-state index contributed by atoms with van der Waals surface area (Å²) >= 11 is 5.14. The molecule has 7 nitrogen and oxygen atoms in total. The molecule has 3 aromatic rings. The van der Waals surface area contributed by atoms with Gasteiger partial charge in [-0.25, -0.2) is 4.39 Å². The molecule has 9 heteroatoms. The van der Waals surface area contributed by atoms with Crippen LogP contribution in [0, 0.1) is 10.6 Å². The van der Waals surface area contributed by atoms with Crippen molar-refractivity contribution in [3.05, 3.63) is 80.6 Å². The van der Waals surface area contributed by atoms with E-state index in [-0.39, 0.29) is 34.5 Å². The Hall–Kier alpha value is -3.59. The van der Waals surface area contributed by atoms with E-state index in [2.05, 4.69) is 15.3 Å². The Balaban J connectivity index is 1.99. The minimum Gasteiger partial charge on any atom is -0.494 e. The van der Waals surface area contributed by atoms with Crippen molar-refractivity contribution >= 4 is 35.7 Å². The summed E-state index contributed by atoms with van der Waals surface area (Å²) in [6.45, 7) is 1.50. The second-order valence-corrected chi connectivity index (χ2v) is 6.55. The molecule has 1 heterocycles. The molecule has 3 N–H and O–H groups in total. The van der Waals surface area contributed by atoms with E-state index < -0.39 is 5.56 Å². The maximum absolute atomic E-state index is 13.1. The number of aromatic amines is 1. The van der Waals surface area contributed by atoms with Crippen molar-refractivity contribution < 1.29 is 14.3 Å². The molecule has 0 aliphatic heterocycles. The van der Waals surface area contributed by atoms with Gasteiger partial charge in [0.2, 0.25) is 11.8 Å². The Bertz CT molecular complexity index is 1200. The third-order valence-corrected chi connectivity index (χ3v) is 4.33. The highest BCUT2D eigenvalue weighted by Gasteiger charge is 2.12. The Morgan fingerprint density at radius 1 is 1.28 bits per heavy atom. The van der Waals surface area contributed by atoms with Crippen LogP contribution in [-0.2, 0) is 11.3 Å². The first kappa shape index (κ1) is 20.2. The van der Waals surface area contributed by atoms with E-state index >= 15 is 0 Å². The van der Waals surface area contributed by atoms with Crippen LogP contribution >= 0.6 is 12.2 Å². The zero-order valence-electron chi connectivity index (χ0n) is 15.3. The molecule has 3 rings (SSSR count). The topological polar surface area (TPSA) is 99.5 Å². The average molecular weight is 412 g/mol. The highest BCUT2D eigenvalue weighted by atomic mass is 32.1. The molecule has 1 amide bonds. The largest absolute Gasteiger partial charge is 0.494 e. The number of benzene rings is 2. The van der Waals surface area contributed by atoms with E-state index in [1.54, 1.807) is 36.4 Å². The normalized spacial score (nSPS) is 11.0. The number of hydrogen-bond donors (Lipinski definition) is 3. The molecule has 0 unspecified atom stereocenters. The lowest BCUT2D eigenvalue weighted by atomic mass is 10.2. The number of aliphatic imine (C=N–C) groups is 1. The van der Waals surface area contributed by atoms with Gasteiger partial charge in [-0.15, -0.1) is 0 Å². The second kappa shape index (κ2) is 8.61. The summed E-state index contributed by atoms with van der Waals surface area (Å²) in [5.41, 5.74) is 0.853. The number of hydrogen-bond acceptors (Lipinski definition) is 5. The van der Waals surface area contributed by atoms with Gasteiger partial charge in [-0.2, -0.15) is 0 Å². The summed E-state index contributed by atoms with van der Waals surface area (Å²) in [7, 11) is 0. The van der Waals surface area contributed by atoms with Gasteiger partial charge in [-0.3, -0.25) is 24.1 Å². The number of H-pyrrole nitrogens is 1. The molecule has 1 aromatic heterocycles. The first-order valence-electron chi connectivity index (χ1n) is 8.56. The van der Waals surface area contributed by atoms with Crippen molar-refractivity contribution in [3.63, 3.8) is 0 Å². The fourth-order valence-electron chi connectivity index (χ4n) is 2.63. The lowest BCUT2D eigenvalue weighted by molar-refractivity contribution is -0.114. The van der Waals surface area contributed by atoms with Gasteiger partial charge < -0.3 is 10.4 Å². The van der Waals surface area contributed by atoms with Crippen LogP contribution in [0.3, 0.4) is 0 Å². The minimum atomic E-state index is -0.608. The van der Waals surface area contributed by atoms with Crippen LogP contribution in [-0.4, -0.2) is 26.8 Å². The van der Waals surface area contributed by atoms with Gasteiger partial charge in [0.25, 0.3) is 5.56 Å². The maximum atomic E-state index is 13.1. The van der Waals surface area contributed by atoms with Crippen molar-refractivity contribution in [1.29, 1.82) is 0 Å². The van der Waals surface area contributed by atoms with Gasteiger partial charge in [-0.1, -0.05) is 24.3 Å². The monoisotopic (exact) mass is 412 g/mol. The van der Waals surface area contributed by atoms with Crippen LogP contribution in [0.4, 0.5) is 15.8 Å². The smallest absolute Gasteiger partial charge is 0.264 e. The number of halogens is 1. The molecule has 29 heavy (non-hydrogen) atoms. The summed E-state index contributed by atoms with van der Waals surface area (Å²) in [4.78, 5) is 30.3. The molecule has 2 aromatic carbocycles. The van der Waals surface area contributed by atoms with Gasteiger partial charge in [0.15, 0.2) is 4.77 Å². The Morgan fingerprint density at radius 3 is 2.66 bits per heavy atom. The number of carbonyl (C=O) groups excluding carboxylic acids is 1. The van der Waals surface area contributed by atoms with Crippen molar-refractivity contribution in [2.75, 3.05) is 5.32 Å². The number of nitrogens with zero attached hydrogens (tertiary/aromatic N) is 2. The number of carbonyl (C=O) groups is 1. The van der Waals surface area contributed by atoms with Crippen LogP contribution in [0.5, 0.6) is 5.88 Å². The number of aromatic nitrogens is 2. The first-order valence-corrected chi connectivity index (χ1v) is 8.97. The molecule has 148 valence electrons. The molecule has 0 fully saturated rings. The molecule has 0 atom stereocenters. The summed E-state index contributed by atoms with van der Waals surface area (Å²) in [6.07, 6.45) is 1.20. The fourth-order valence-corrected chi connectivity index (χ4v) is 2.87. The molecule has 0 saturated carbocycles. The molecule has 0 aliphatic rings. The van der Waals surface area contributed by atoms with Crippen LogP contribution in [0.25, 0.3) is 0 Å². The summed E-state index contributed by atoms with van der Waals surface area (Å²) in [5.74, 6) is -1.02. The lowest BCUT2D eigenvalue weighted by Crippen LogP contribution is -2.19. The maximum Gasteiger partial charge on any atom is 0.264 e. The van der Waals surface area contributed by atoms with E-state index in [0.29, 0.717) is 16.9 Å². The number of anilines is 1. The van der Waals surface area contributed by atoms with Crippen LogP contribution < -0.4 is 10.9 Å². The summed E-state index contributed by atoms with van der Waals surface area (Å²) in [6, 6.07) is 12.5. The van der Waals surface area contributed by atoms with Gasteiger partial charge in [0.1, 0.15) is 11.4 Å². The van der Waals surface area contributed by atoms with Crippen molar-refractivity contribution in [1.82, 2.24) is 9.55 Å². The zero-order valence-corrected chi connectivity index (χ0v) is 16.2. The SMILES string of the molecule is CC(=O)Nc1ccccc1N=Cc1c(O)n(Cc2ccc(F)cc2)c(=S)[nH]c1=O. The Labute approximate surface area is 170 Å². The summed E-state index contributed by atoms with van der Waals surface area (Å²) in [5, 5.41) is 13.2. The van der Waals surface area contributed by atoms with E-state index in [1.165, 1.54) is 29.8 Å². The van der Waals surface area contributed by atoms with Crippen molar-refractivity contribution in [2.24, 2.45) is 4.99 Å². The molecule has 0 bridgehead atoms. The number of amides is 1. The first-order chi connectivity index (χ1) is 13.8. The van der Waals surface area contributed by atoms with Crippen LogP contribution in [0.1, 0.15) is 18.1 Å². The molecular formula is C20H17FN4O3S. The minimum absolute atomic E-state index is 0.0209. The molecule has 0 aliphatic carbocycles. The van der Waals surface area contributed by atoms with Gasteiger partial charge in [-0.05, 0) is 42.0 Å². The third-order valence-electron chi connectivity index (χ3n) is 4.01. The fraction of sp³-hybridized carbons (Fsp3) is 0.100. The number of nitrogens with one attached hydrogen (secondary N) is 2. The number of aromatic hydroxyl groups is 1. The van der Waals surface area contributed by atoms with Gasteiger partial charge in [0, 0.05) is 13.1 Å². The highest BCUT2D eigenvalue weighted by Crippen LogP contribution is 2.24. The number of para-hydroxylation sites is 2. The molecule has 0 radical (unpaired) electrons.